The van der Waals surface area contributed by atoms with Crippen molar-refractivity contribution < 1.29 is 4.79 Å². The van der Waals surface area contributed by atoms with Gasteiger partial charge >= 0.3 is 0 Å². The van der Waals surface area contributed by atoms with Crippen LogP contribution in [0.25, 0.3) is 16.9 Å². The number of hydrogen-bond donors (Lipinski definition) is 1. The van der Waals surface area contributed by atoms with Gasteiger partial charge in [0.2, 0.25) is 0 Å². The first-order valence-electron chi connectivity index (χ1n) is 10.1. The van der Waals surface area contributed by atoms with Gasteiger partial charge in [-0.05, 0) is 55.2 Å². The topological polar surface area (TPSA) is 64.2 Å². The minimum atomic E-state index is -0.0757. The summed E-state index contributed by atoms with van der Waals surface area (Å²) in [6, 6.07) is 15.7. The van der Waals surface area contributed by atoms with Gasteiger partial charge in [-0.1, -0.05) is 12.1 Å². The van der Waals surface area contributed by atoms with E-state index in [4.69, 9.17) is 5.10 Å². The molecule has 0 aliphatic heterocycles. The smallest absolute Gasteiger partial charge is 0.253 e. The van der Waals surface area contributed by atoms with Crippen molar-refractivity contribution in [3.63, 3.8) is 0 Å². The number of pyridine rings is 2. The van der Waals surface area contributed by atoms with Gasteiger partial charge in [0.05, 0.1) is 16.8 Å². The van der Waals surface area contributed by atoms with E-state index in [1.807, 2.05) is 70.0 Å². The van der Waals surface area contributed by atoms with Gasteiger partial charge in [-0.2, -0.15) is 5.10 Å². The minimum absolute atomic E-state index is 0.0757. The molecule has 146 valence electrons. The molecule has 0 bridgehead atoms. The van der Waals surface area contributed by atoms with Crippen LogP contribution in [0.5, 0.6) is 0 Å². The van der Waals surface area contributed by atoms with Crippen molar-refractivity contribution in [3.8, 4) is 11.4 Å². The zero-order chi connectivity index (χ0) is 19.6. The lowest BCUT2D eigenvalue weighted by atomic mass is 10.2. The molecule has 0 unspecified atom stereocenters. The second-order valence-electron chi connectivity index (χ2n) is 7.59. The molecule has 1 amide bonds. The predicted octanol–water partition coefficient (Wildman–Crippen LogP) is 3.58. The average Bonchev–Trinajstić information content (AvgIpc) is 3.30. The summed E-state index contributed by atoms with van der Waals surface area (Å²) in [7, 11) is 0. The van der Waals surface area contributed by atoms with E-state index in [0.717, 1.165) is 35.1 Å². The summed E-state index contributed by atoms with van der Waals surface area (Å²) in [5, 5.41) is 7.77. The van der Waals surface area contributed by atoms with Crippen LogP contribution in [0.1, 0.15) is 28.9 Å². The van der Waals surface area contributed by atoms with Crippen molar-refractivity contribution in [2.75, 3.05) is 6.54 Å². The monoisotopic (exact) mass is 385 g/mol. The van der Waals surface area contributed by atoms with E-state index in [2.05, 4.69) is 10.3 Å². The quantitative estimate of drug-likeness (QED) is 0.529. The van der Waals surface area contributed by atoms with E-state index >= 15 is 0 Å². The summed E-state index contributed by atoms with van der Waals surface area (Å²) < 4.78 is 4.05. The fourth-order valence-corrected chi connectivity index (χ4v) is 3.64. The van der Waals surface area contributed by atoms with Gasteiger partial charge in [-0.25, -0.2) is 0 Å². The van der Waals surface area contributed by atoms with Crippen LogP contribution in [-0.2, 0) is 13.0 Å². The first kappa shape index (κ1) is 17.7. The zero-order valence-electron chi connectivity index (χ0n) is 16.2. The van der Waals surface area contributed by atoms with Crippen molar-refractivity contribution in [2.45, 2.75) is 25.8 Å². The number of carbonyl (C=O) groups is 1. The van der Waals surface area contributed by atoms with Crippen LogP contribution >= 0.6 is 0 Å². The molecule has 0 aromatic carbocycles. The Hall–Kier alpha value is -3.41. The molecule has 4 aromatic heterocycles. The van der Waals surface area contributed by atoms with Crippen molar-refractivity contribution >= 4 is 11.4 Å². The number of rotatable bonds is 7. The number of amides is 1. The fraction of sp³-hybridized carbons (Fsp3) is 0.261. The standard InChI is InChI=1S/C23H23N5O/c29-23(25-12-9-18-5-1-3-11-24-18)19-15-22(28-13-4-2-6-21(19)28)20-10-14-27(26-20)16-17-7-8-17/h1-6,10-11,13-15,17H,7-9,12,16H2,(H,25,29). The van der Waals surface area contributed by atoms with E-state index in [9.17, 15) is 4.79 Å². The molecule has 4 aromatic rings. The maximum atomic E-state index is 12.9. The van der Waals surface area contributed by atoms with Crippen LogP contribution in [-0.4, -0.2) is 31.6 Å². The third-order valence-corrected chi connectivity index (χ3v) is 5.36. The summed E-state index contributed by atoms with van der Waals surface area (Å²) in [4.78, 5) is 17.2. The van der Waals surface area contributed by atoms with Gasteiger partial charge in [-0.15, -0.1) is 0 Å². The average molecular weight is 385 g/mol. The SMILES string of the molecule is O=C(NCCc1ccccn1)c1cc(-c2ccn(CC3CC3)n2)n2ccccc12. The summed E-state index contributed by atoms with van der Waals surface area (Å²) in [6.45, 7) is 1.52. The molecular formula is C23H23N5O. The number of hydrogen-bond acceptors (Lipinski definition) is 3. The second-order valence-corrected chi connectivity index (χ2v) is 7.59. The Morgan fingerprint density at radius 2 is 2.00 bits per heavy atom. The van der Waals surface area contributed by atoms with Gasteiger partial charge in [0.15, 0.2) is 0 Å². The Balaban J connectivity index is 1.37. The first-order chi connectivity index (χ1) is 14.3. The lowest BCUT2D eigenvalue weighted by Gasteiger charge is -2.04. The molecule has 0 atom stereocenters. The highest BCUT2D eigenvalue weighted by atomic mass is 16.1. The fourth-order valence-electron chi connectivity index (χ4n) is 3.64. The molecule has 1 fully saturated rings. The summed E-state index contributed by atoms with van der Waals surface area (Å²) in [6.07, 6.45) is 9.08. The number of nitrogens with zero attached hydrogens (tertiary/aromatic N) is 4. The van der Waals surface area contributed by atoms with Gasteiger partial charge < -0.3 is 9.72 Å². The van der Waals surface area contributed by atoms with Gasteiger partial charge in [0.1, 0.15) is 5.69 Å². The predicted molar refractivity (Wildman–Crippen MR) is 112 cm³/mol. The maximum Gasteiger partial charge on any atom is 0.253 e. The van der Waals surface area contributed by atoms with Crippen LogP contribution < -0.4 is 5.32 Å². The van der Waals surface area contributed by atoms with Crippen LogP contribution in [0.4, 0.5) is 0 Å². The number of fused-ring (bicyclic) bond motifs is 1. The highest BCUT2D eigenvalue weighted by Crippen LogP contribution is 2.31. The molecule has 6 nitrogen and oxygen atoms in total. The van der Waals surface area contributed by atoms with Crippen LogP contribution in [0, 0.1) is 5.92 Å². The molecule has 1 aliphatic carbocycles. The molecule has 1 aliphatic rings. The van der Waals surface area contributed by atoms with Crippen molar-refractivity contribution in [2.24, 2.45) is 5.92 Å². The lowest BCUT2D eigenvalue weighted by molar-refractivity contribution is 0.0956. The lowest BCUT2D eigenvalue weighted by Crippen LogP contribution is -2.25. The minimum Gasteiger partial charge on any atom is -0.352 e. The van der Waals surface area contributed by atoms with Crippen LogP contribution in [0.15, 0.2) is 67.1 Å². The molecule has 0 spiro atoms. The molecule has 4 heterocycles. The maximum absolute atomic E-state index is 12.9. The third-order valence-electron chi connectivity index (χ3n) is 5.36. The molecule has 6 heteroatoms. The largest absolute Gasteiger partial charge is 0.352 e. The molecule has 0 radical (unpaired) electrons. The van der Waals surface area contributed by atoms with Crippen LogP contribution in [0.2, 0.25) is 0 Å². The number of nitrogens with one attached hydrogen (secondary N) is 1. The normalized spacial score (nSPS) is 13.7. The molecule has 1 saturated carbocycles. The highest BCUT2D eigenvalue weighted by molar-refractivity contribution is 6.02. The van der Waals surface area contributed by atoms with E-state index in [-0.39, 0.29) is 5.91 Å². The summed E-state index contributed by atoms with van der Waals surface area (Å²) in [5.41, 5.74) is 4.34. The number of carbonyl (C=O) groups excluding carboxylic acids is 1. The molecule has 5 rings (SSSR count). The van der Waals surface area contributed by atoms with E-state index in [1.165, 1.54) is 12.8 Å². The summed E-state index contributed by atoms with van der Waals surface area (Å²) in [5.74, 6) is 0.695. The molecule has 29 heavy (non-hydrogen) atoms. The Morgan fingerprint density at radius 1 is 1.10 bits per heavy atom. The molecular weight excluding hydrogens is 362 g/mol. The zero-order valence-corrected chi connectivity index (χ0v) is 16.2. The van der Waals surface area contributed by atoms with Gasteiger partial charge in [0.25, 0.3) is 5.91 Å². The Morgan fingerprint density at radius 3 is 2.83 bits per heavy atom. The van der Waals surface area contributed by atoms with Crippen molar-refractivity contribution in [3.05, 3.63) is 78.4 Å². The molecule has 1 N–H and O–H groups in total. The Labute approximate surface area is 169 Å². The van der Waals surface area contributed by atoms with Crippen LogP contribution in [0.3, 0.4) is 0 Å². The first-order valence-corrected chi connectivity index (χ1v) is 10.1. The van der Waals surface area contributed by atoms with Gasteiger partial charge in [0, 0.05) is 43.8 Å². The van der Waals surface area contributed by atoms with E-state index in [1.54, 1.807) is 6.20 Å². The van der Waals surface area contributed by atoms with Gasteiger partial charge in [-0.3, -0.25) is 14.5 Å². The molecule has 0 saturated heterocycles. The Bertz CT molecular complexity index is 1140. The summed E-state index contributed by atoms with van der Waals surface area (Å²) >= 11 is 0. The highest BCUT2D eigenvalue weighted by Gasteiger charge is 2.23. The van der Waals surface area contributed by atoms with E-state index in [0.29, 0.717) is 18.5 Å². The third kappa shape index (κ3) is 3.78. The second kappa shape index (κ2) is 7.54. The number of aromatic nitrogens is 4. The van der Waals surface area contributed by atoms with Crippen molar-refractivity contribution in [1.82, 2.24) is 24.5 Å². The Kier molecular flexibility index (Phi) is 4.60. The van der Waals surface area contributed by atoms with E-state index < -0.39 is 0 Å². The van der Waals surface area contributed by atoms with Crippen molar-refractivity contribution in [1.29, 1.82) is 0 Å².